The van der Waals surface area contributed by atoms with Gasteiger partial charge in [0, 0.05) is 24.1 Å². The van der Waals surface area contributed by atoms with Crippen LogP contribution in [0.2, 0.25) is 0 Å². The third-order valence-corrected chi connectivity index (χ3v) is 4.16. The molecule has 0 atom stereocenters. The molecular weight excluding hydrogens is 399 g/mol. The summed E-state index contributed by atoms with van der Waals surface area (Å²) in [7, 11) is 0. The number of anilines is 1. The molecular formula is C13H7BrF3N3O2S. The lowest BCUT2D eigenvalue weighted by molar-refractivity contribution is -0.274. The minimum atomic E-state index is -4.79. The molecule has 0 fully saturated rings. The molecule has 0 aliphatic carbocycles. The lowest BCUT2D eigenvalue weighted by Gasteiger charge is -2.10. The van der Waals surface area contributed by atoms with Gasteiger partial charge < -0.3 is 10.1 Å². The van der Waals surface area contributed by atoms with Gasteiger partial charge in [0.25, 0.3) is 5.91 Å². The van der Waals surface area contributed by atoms with Crippen molar-refractivity contribution in [2.45, 2.75) is 6.36 Å². The Morgan fingerprint density at radius 1 is 1.35 bits per heavy atom. The van der Waals surface area contributed by atoms with Gasteiger partial charge in [0.1, 0.15) is 11.4 Å². The van der Waals surface area contributed by atoms with Crippen molar-refractivity contribution in [3.8, 4) is 5.75 Å². The predicted molar refractivity (Wildman–Crippen MR) is 81.8 cm³/mol. The first kappa shape index (κ1) is 15.8. The second kappa shape index (κ2) is 5.85. The van der Waals surface area contributed by atoms with Crippen molar-refractivity contribution in [1.29, 1.82) is 0 Å². The highest BCUT2D eigenvalue weighted by Gasteiger charge is 2.31. The molecule has 3 aromatic rings. The summed E-state index contributed by atoms with van der Waals surface area (Å²) >= 11 is 4.65. The number of alkyl halides is 3. The zero-order chi connectivity index (χ0) is 16.6. The summed E-state index contributed by atoms with van der Waals surface area (Å²) in [6, 6.07) is 5.03. The van der Waals surface area contributed by atoms with E-state index in [1.807, 2.05) is 0 Å². The lowest BCUT2D eigenvalue weighted by Crippen LogP contribution is -2.17. The van der Waals surface area contributed by atoms with E-state index in [-0.39, 0.29) is 11.4 Å². The smallest absolute Gasteiger partial charge is 0.406 e. The zero-order valence-corrected chi connectivity index (χ0v) is 13.5. The summed E-state index contributed by atoms with van der Waals surface area (Å²) < 4.78 is 42.9. The maximum absolute atomic E-state index is 12.2. The molecule has 0 saturated heterocycles. The van der Waals surface area contributed by atoms with E-state index in [9.17, 15) is 18.0 Å². The molecule has 0 aliphatic heterocycles. The number of nitrogens with zero attached hydrogens (tertiary/aromatic N) is 2. The number of carbonyl (C=O) groups is 1. The average molecular weight is 406 g/mol. The van der Waals surface area contributed by atoms with Crippen LogP contribution in [0.4, 0.5) is 18.9 Å². The average Bonchev–Trinajstić information content (AvgIpc) is 2.94. The van der Waals surface area contributed by atoms with Gasteiger partial charge in [-0.2, -0.15) is 0 Å². The molecule has 0 saturated carbocycles. The van der Waals surface area contributed by atoms with E-state index in [2.05, 4.69) is 31.0 Å². The van der Waals surface area contributed by atoms with E-state index in [1.165, 1.54) is 29.7 Å². The Morgan fingerprint density at radius 2 is 2.13 bits per heavy atom. The van der Waals surface area contributed by atoms with Crippen molar-refractivity contribution in [3.05, 3.63) is 46.1 Å². The summed E-state index contributed by atoms with van der Waals surface area (Å²) in [5, 5.41) is 2.48. The van der Waals surface area contributed by atoms with Gasteiger partial charge in [-0.05, 0) is 28.1 Å². The quantitative estimate of drug-likeness (QED) is 0.706. The SMILES string of the molecule is O=C(Nc1cccc(OC(F)(F)F)c1)c1cn2cc(Br)sc2n1. The van der Waals surface area contributed by atoms with Gasteiger partial charge in [0.15, 0.2) is 4.96 Å². The maximum atomic E-state index is 12.2. The molecule has 0 aliphatic rings. The summed E-state index contributed by atoms with van der Waals surface area (Å²) in [5.41, 5.74) is 0.333. The number of fused-ring (bicyclic) bond motifs is 1. The first-order valence-electron chi connectivity index (χ1n) is 6.11. The Hall–Kier alpha value is -2.07. The van der Waals surface area contributed by atoms with Crippen molar-refractivity contribution in [1.82, 2.24) is 9.38 Å². The minimum Gasteiger partial charge on any atom is -0.406 e. The minimum absolute atomic E-state index is 0.158. The molecule has 23 heavy (non-hydrogen) atoms. The van der Waals surface area contributed by atoms with Crippen LogP contribution < -0.4 is 10.1 Å². The van der Waals surface area contributed by atoms with Crippen molar-refractivity contribution < 1.29 is 22.7 Å². The first-order chi connectivity index (χ1) is 10.8. The third kappa shape index (κ3) is 3.82. The highest BCUT2D eigenvalue weighted by Crippen LogP contribution is 2.26. The number of benzene rings is 1. The van der Waals surface area contributed by atoms with Gasteiger partial charge in [0.05, 0.1) is 3.79 Å². The zero-order valence-electron chi connectivity index (χ0n) is 11.1. The summed E-state index contributed by atoms with van der Waals surface area (Å²) in [6.07, 6.45) is -1.51. The number of ether oxygens (including phenoxy) is 1. The fraction of sp³-hybridized carbons (Fsp3) is 0.0769. The number of hydrogen-bond donors (Lipinski definition) is 1. The molecule has 1 aromatic carbocycles. The lowest BCUT2D eigenvalue weighted by atomic mass is 10.3. The van der Waals surface area contributed by atoms with Gasteiger partial charge in [0.2, 0.25) is 0 Å². The number of nitrogens with one attached hydrogen (secondary N) is 1. The van der Waals surface area contributed by atoms with E-state index in [1.54, 1.807) is 10.6 Å². The molecule has 0 bridgehead atoms. The molecule has 0 spiro atoms. The monoisotopic (exact) mass is 405 g/mol. The van der Waals surface area contributed by atoms with Gasteiger partial charge in [-0.25, -0.2) is 4.98 Å². The van der Waals surface area contributed by atoms with E-state index in [0.29, 0.717) is 4.96 Å². The van der Waals surface area contributed by atoms with Crippen molar-refractivity contribution in [2.75, 3.05) is 5.32 Å². The van der Waals surface area contributed by atoms with Crippen molar-refractivity contribution in [3.63, 3.8) is 0 Å². The molecule has 5 nitrogen and oxygen atoms in total. The number of thiazole rings is 1. The van der Waals surface area contributed by atoms with E-state index in [4.69, 9.17) is 0 Å². The molecule has 2 heterocycles. The van der Waals surface area contributed by atoms with Gasteiger partial charge in [-0.15, -0.1) is 13.2 Å². The second-order valence-corrected chi connectivity index (χ2v) is 6.77. The van der Waals surface area contributed by atoms with Crippen LogP contribution in [0.5, 0.6) is 5.75 Å². The van der Waals surface area contributed by atoms with Crippen LogP contribution >= 0.6 is 27.3 Å². The molecule has 2 aromatic heterocycles. The Labute approximate surface area is 139 Å². The number of amides is 1. The van der Waals surface area contributed by atoms with Crippen molar-refractivity contribution >= 4 is 43.8 Å². The standard InChI is InChI=1S/C13H7BrF3N3O2S/c14-10-6-20-5-9(19-12(20)23-10)11(21)18-7-2-1-3-8(4-7)22-13(15,16)17/h1-6H,(H,18,21). The van der Waals surface area contributed by atoms with Gasteiger partial charge >= 0.3 is 6.36 Å². The number of imidazole rings is 1. The molecule has 10 heteroatoms. The number of rotatable bonds is 3. The predicted octanol–water partition coefficient (Wildman–Crippen LogP) is 4.31. The normalized spacial score (nSPS) is 11.7. The van der Waals surface area contributed by atoms with Crippen molar-refractivity contribution in [2.24, 2.45) is 0 Å². The Kier molecular flexibility index (Phi) is 4.02. The molecule has 120 valence electrons. The Morgan fingerprint density at radius 3 is 2.83 bits per heavy atom. The van der Waals surface area contributed by atoms with Gasteiger partial charge in [-0.1, -0.05) is 17.4 Å². The molecule has 3 rings (SSSR count). The maximum Gasteiger partial charge on any atom is 0.573 e. The van der Waals surface area contributed by atoms with Crippen LogP contribution in [0.3, 0.4) is 0 Å². The highest BCUT2D eigenvalue weighted by atomic mass is 79.9. The van der Waals surface area contributed by atoms with Crippen LogP contribution in [0.15, 0.2) is 40.4 Å². The van der Waals surface area contributed by atoms with Crippen LogP contribution in [0.1, 0.15) is 10.5 Å². The van der Waals surface area contributed by atoms with E-state index >= 15 is 0 Å². The number of halogens is 4. The van der Waals surface area contributed by atoms with E-state index in [0.717, 1.165) is 15.9 Å². The molecule has 0 unspecified atom stereocenters. The largest absolute Gasteiger partial charge is 0.573 e. The number of hydrogen-bond acceptors (Lipinski definition) is 4. The summed E-state index contributed by atoms with van der Waals surface area (Å²) in [4.78, 5) is 16.9. The number of aromatic nitrogens is 2. The molecule has 0 radical (unpaired) electrons. The second-order valence-electron chi connectivity index (χ2n) is 4.38. The summed E-state index contributed by atoms with van der Waals surface area (Å²) in [6.45, 7) is 0. The number of carbonyl (C=O) groups excluding carboxylic acids is 1. The highest BCUT2D eigenvalue weighted by molar-refractivity contribution is 9.11. The topological polar surface area (TPSA) is 55.6 Å². The third-order valence-electron chi connectivity index (χ3n) is 2.69. The Balaban J connectivity index is 1.76. The van der Waals surface area contributed by atoms with E-state index < -0.39 is 18.0 Å². The van der Waals surface area contributed by atoms with Crippen LogP contribution in [-0.4, -0.2) is 21.7 Å². The summed E-state index contributed by atoms with van der Waals surface area (Å²) in [5.74, 6) is -0.939. The van der Waals surface area contributed by atoms with Crippen LogP contribution in [0.25, 0.3) is 4.96 Å². The fourth-order valence-corrected chi connectivity index (χ4v) is 3.19. The van der Waals surface area contributed by atoms with Crippen LogP contribution in [-0.2, 0) is 0 Å². The molecule has 1 amide bonds. The van der Waals surface area contributed by atoms with Gasteiger partial charge in [-0.3, -0.25) is 9.20 Å². The first-order valence-corrected chi connectivity index (χ1v) is 7.72. The Bertz CT molecular complexity index is 843. The van der Waals surface area contributed by atoms with Crippen LogP contribution in [0, 0.1) is 0 Å². The molecule has 1 N–H and O–H groups in total. The fourth-order valence-electron chi connectivity index (χ4n) is 1.84.